The van der Waals surface area contributed by atoms with Gasteiger partial charge >= 0.3 is 0 Å². The Hall–Kier alpha value is -3.40. The van der Waals surface area contributed by atoms with Crippen LogP contribution in [-0.2, 0) is 20.0 Å². The zero-order valence-corrected chi connectivity index (χ0v) is 32.9. The lowest BCUT2D eigenvalue weighted by Crippen LogP contribution is -2.49. The first-order chi connectivity index (χ1) is 24.8. The molecular formula is C38H52N6O6S2. The van der Waals surface area contributed by atoms with E-state index < -0.39 is 20.0 Å². The van der Waals surface area contributed by atoms with Crippen molar-refractivity contribution in [2.24, 2.45) is 0 Å². The van der Waals surface area contributed by atoms with Crippen molar-refractivity contribution in [1.29, 1.82) is 0 Å². The van der Waals surface area contributed by atoms with Crippen LogP contribution in [0.1, 0.15) is 59.7 Å². The highest BCUT2D eigenvalue weighted by molar-refractivity contribution is 7.89. The minimum atomic E-state index is -3.63. The van der Waals surface area contributed by atoms with Gasteiger partial charge in [0.15, 0.2) is 0 Å². The molecule has 0 radical (unpaired) electrons. The number of aromatic nitrogens is 2. The van der Waals surface area contributed by atoms with Crippen molar-refractivity contribution < 1.29 is 25.9 Å². The number of unbranched alkanes of at least 4 members (excludes halogenated alkanes) is 3. The molecule has 0 saturated carbocycles. The van der Waals surface area contributed by atoms with Crippen LogP contribution in [0.25, 0.3) is 22.3 Å². The first-order valence-electron chi connectivity index (χ1n) is 18.3. The average molecular weight is 753 g/mol. The molecule has 2 aliphatic heterocycles. The van der Waals surface area contributed by atoms with Gasteiger partial charge in [-0.15, -0.1) is 0 Å². The second kappa shape index (κ2) is 15.9. The fourth-order valence-electron chi connectivity index (χ4n) is 7.55. The van der Waals surface area contributed by atoms with E-state index in [4.69, 9.17) is 9.05 Å². The first-order valence-corrected chi connectivity index (χ1v) is 21.2. The van der Waals surface area contributed by atoms with Gasteiger partial charge in [0.2, 0.25) is 20.0 Å². The monoisotopic (exact) mass is 752 g/mol. The van der Waals surface area contributed by atoms with Crippen LogP contribution in [0.4, 0.5) is 0 Å². The lowest BCUT2D eigenvalue weighted by Gasteiger charge is -2.34. The fraction of sp³-hybridized carbons (Fsp3) is 0.526. The molecule has 0 amide bonds. The van der Waals surface area contributed by atoms with Crippen LogP contribution in [0.5, 0.6) is 0 Å². The highest BCUT2D eigenvalue weighted by atomic mass is 32.2. The van der Waals surface area contributed by atoms with Crippen LogP contribution in [0, 0.1) is 41.5 Å². The molecule has 2 saturated heterocycles. The van der Waals surface area contributed by atoms with Gasteiger partial charge < -0.3 is 18.8 Å². The van der Waals surface area contributed by atoms with E-state index in [9.17, 15) is 16.8 Å². The van der Waals surface area contributed by atoms with E-state index in [0.717, 1.165) is 110 Å². The largest absolute Gasteiger partial charge is 0.361 e. The first kappa shape index (κ1) is 38.3. The molecule has 0 aliphatic carbocycles. The third-order valence-electron chi connectivity index (χ3n) is 10.6. The van der Waals surface area contributed by atoms with E-state index in [-0.39, 0.29) is 0 Å². The lowest BCUT2D eigenvalue weighted by molar-refractivity contribution is 0.179. The number of benzene rings is 2. The van der Waals surface area contributed by atoms with Gasteiger partial charge in [0.25, 0.3) is 0 Å². The Bertz CT molecular complexity index is 1900. The third kappa shape index (κ3) is 8.07. The highest BCUT2D eigenvalue weighted by Crippen LogP contribution is 2.33. The predicted molar refractivity (Wildman–Crippen MR) is 201 cm³/mol. The summed E-state index contributed by atoms with van der Waals surface area (Å²) in [7, 11) is -7.26. The maximum atomic E-state index is 13.7. The van der Waals surface area contributed by atoms with E-state index in [2.05, 4.69) is 20.1 Å². The van der Waals surface area contributed by atoms with Gasteiger partial charge in [-0.05, 0) is 102 Å². The summed E-state index contributed by atoms with van der Waals surface area (Å²) in [5.74, 6) is 1.35. The van der Waals surface area contributed by atoms with Gasteiger partial charge in [-0.25, -0.2) is 16.8 Å². The van der Waals surface area contributed by atoms with E-state index in [1.54, 1.807) is 20.7 Å². The molecule has 12 nitrogen and oxygen atoms in total. The van der Waals surface area contributed by atoms with Crippen molar-refractivity contribution in [3.05, 3.63) is 70.4 Å². The van der Waals surface area contributed by atoms with Crippen molar-refractivity contribution >= 4 is 20.0 Å². The summed E-state index contributed by atoms with van der Waals surface area (Å²) in [6, 6.07) is 11.1. The Kier molecular flexibility index (Phi) is 11.7. The number of hydrogen-bond donors (Lipinski definition) is 0. The molecule has 0 unspecified atom stereocenters. The van der Waals surface area contributed by atoms with Crippen molar-refractivity contribution in [3.8, 4) is 22.3 Å². The van der Waals surface area contributed by atoms with E-state index in [1.807, 2.05) is 65.8 Å². The number of piperazine rings is 2. The number of sulfonamides is 2. The molecule has 52 heavy (non-hydrogen) atoms. The predicted octanol–water partition coefficient (Wildman–Crippen LogP) is 5.72. The van der Waals surface area contributed by atoms with Gasteiger partial charge in [-0.3, -0.25) is 0 Å². The van der Waals surface area contributed by atoms with Gasteiger partial charge in [0, 0.05) is 63.5 Å². The summed E-state index contributed by atoms with van der Waals surface area (Å²) in [5, 5.41) is 8.07. The average Bonchev–Trinajstić information content (AvgIpc) is 3.65. The van der Waals surface area contributed by atoms with E-state index >= 15 is 0 Å². The SMILES string of the molecule is Cc1ccc(-c2c(C)noc2C)cc1S(=O)(=O)N1CCN(CCCCCCN2CCN(S(=O)(=O)c3cc(-c4c(C)noc4C)ccc3C)CC2)CC1. The molecule has 2 aliphatic rings. The molecule has 282 valence electrons. The van der Waals surface area contributed by atoms with Crippen LogP contribution >= 0.6 is 0 Å². The minimum Gasteiger partial charge on any atom is -0.361 e. The molecule has 4 heterocycles. The van der Waals surface area contributed by atoms with Crippen LogP contribution in [-0.4, -0.2) is 111 Å². The topological polar surface area (TPSA) is 133 Å². The molecule has 0 N–H and O–H groups in total. The van der Waals surface area contributed by atoms with Crippen molar-refractivity contribution in [2.75, 3.05) is 65.4 Å². The standard InChI is InChI=1S/C38H52N6O6S2/c1-27-11-13-33(37-29(3)39-49-31(37)5)25-35(27)51(45,46)43-21-17-41(18-22-43)15-9-7-8-10-16-42-19-23-44(24-20-42)52(47,48)36-26-34(14-12-28(36)2)38-30(4)40-50-32(38)6/h11-14,25-26H,7-10,15-24H2,1-6H3. The van der Waals surface area contributed by atoms with Crippen molar-refractivity contribution in [2.45, 2.75) is 77.0 Å². The van der Waals surface area contributed by atoms with Gasteiger partial charge in [-0.1, -0.05) is 47.4 Å². The van der Waals surface area contributed by atoms with Gasteiger partial charge in [-0.2, -0.15) is 8.61 Å². The van der Waals surface area contributed by atoms with Gasteiger partial charge in [0.05, 0.1) is 21.2 Å². The Balaban J connectivity index is 0.907. The Labute approximate surface area is 308 Å². The molecule has 6 rings (SSSR count). The molecule has 0 bridgehead atoms. The van der Waals surface area contributed by atoms with Crippen LogP contribution < -0.4 is 0 Å². The molecule has 0 spiro atoms. The van der Waals surface area contributed by atoms with E-state index in [1.165, 1.54) is 0 Å². The maximum Gasteiger partial charge on any atom is 0.243 e. The van der Waals surface area contributed by atoms with Gasteiger partial charge in [0.1, 0.15) is 11.5 Å². The normalized spacial score (nSPS) is 17.3. The number of hydrogen-bond acceptors (Lipinski definition) is 10. The Morgan fingerprint density at radius 3 is 1.23 bits per heavy atom. The summed E-state index contributed by atoms with van der Waals surface area (Å²) in [6.07, 6.45) is 4.37. The quantitative estimate of drug-likeness (QED) is 0.156. The summed E-state index contributed by atoms with van der Waals surface area (Å²) >= 11 is 0. The molecule has 2 aromatic carbocycles. The molecule has 4 aromatic rings. The zero-order chi connectivity index (χ0) is 37.2. The summed E-state index contributed by atoms with van der Waals surface area (Å²) in [5.41, 5.74) is 6.25. The molecular weight excluding hydrogens is 701 g/mol. The number of aryl methyl sites for hydroxylation is 6. The Morgan fingerprint density at radius 2 is 0.904 bits per heavy atom. The zero-order valence-electron chi connectivity index (χ0n) is 31.3. The smallest absolute Gasteiger partial charge is 0.243 e. The second-order valence-electron chi connectivity index (χ2n) is 14.3. The molecule has 14 heteroatoms. The number of nitrogens with zero attached hydrogens (tertiary/aromatic N) is 6. The lowest BCUT2D eigenvalue weighted by atomic mass is 10.0. The molecule has 2 fully saturated rings. The van der Waals surface area contributed by atoms with Crippen LogP contribution in [0.2, 0.25) is 0 Å². The van der Waals surface area contributed by atoms with Crippen LogP contribution in [0.3, 0.4) is 0 Å². The minimum absolute atomic E-state index is 0.343. The van der Waals surface area contributed by atoms with Crippen molar-refractivity contribution in [1.82, 2.24) is 28.7 Å². The fourth-order valence-corrected chi connectivity index (χ4v) is 10.9. The maximum absolute atomic E-state index is 13.7. The third-order valence-corrected chi connectivity index (χ3v) is 14.7. The number of rotatable bonds is 13. The van der Waals surface area contributed by atoms with Crippen molar-refractivity contribution in [3.63, 3.8) is 0 Å². The highest BCUT2D eigenvalue weighted by Gasteiger charge is 2.32. The van der Waals surface area contributed by atoms with E-state index in [0.29, 0.717) is 47.5 Å². The summed E-state index contributed by atoms with van der Waals surface area (Å²) in [4.78, 5) is 5.42. The molecule has 0 atom stereocenters. The molecule has 2 aromatic heterocycles. The summed E-state index contributed by atoms with van der Waals surface area (Å²) < 4.78 is 68.7. The summed E-state index contributed by atoms with van der Waals surface area (Å²) in [6.45, 7) is 17.8. The second-order valence-corrected chi connectivity index (χ2v) is 18.1. The van der Waals surface area contributed by atoms with Crippen LogP contribution in [0.15, 0.2) is 55.2 Å². The Morgan fingerprint density at radius 1 is 0.538 bits per heavy atom.